The summed E-state index contributed by atoms with van der Waals surface area (Å²) in [6.45, 7) is 3.22. The van der Waals surface area contributed by atoms with Gasteiger partial charge < -0.3 is 25.6 Å². The van der Waals surface area contributed by atoms with Crippen LogP contribution in [0.4, 0.5) is 5.95 Å². The monoisotopic (exact) mass is 213 g/mol. The van der Waals surface area contributed by atoms with Crippen LogP contribution in [0.5, 0.6) is 0 Å². The molecule has 0 aromatic carbocycles. The summed E-state index contributed by atoms with van der Waals surface area (Å²) < 4.78 is 10.2. The number of ether oxygens (including phenoxy) is 1. The van der Waals surface area contributed by atoms with Gasteiger partial charge in [0.05, 0.1) is 19.3 Å². The van der Waals surface area contributed by atoms with E-state index in [0.717, 1.165) is 13.1 Å². The van der Waals surface area contributed by atoms with Gasteiger partial charge in [-0.25, -0.2) is 0 Å². The van der Waals surface area contributed by atoms with Gasteiger partial charge in [-0.15, -0.1) is 0 Å². The first-order valence-corrected chi connectivity index (χ1v) is 4.93. The van der Waals surface area contributed by atoms with E-state index >= 15 is 0 Å². The summed E-state index contributed by atoms with van der Waals surface area (Å²) in [6, 6.07) is -0.382. The van der Waals surface area contributed by atoms with E-state index in [0.29, 0.717) is 31.6 Å². The van der Waals surface area contributed by atoms with E-state index in [1.165, 1.54) is 0 Å². The van der Waals surface area contributed by atoms with Gasteiger partial charge in [-0.1, -0.05) is 0 Å². The number of aromatic nitrogens is 2. The molecule has 0 radical (unpaired) electrons. The van der Waals surface area contributed by atoms with Gasteiger partial charge in [0.15, 0.2) is 0 Å². The minimum absolute atomic E-state index is 0.296. The van der Waals surface area contributed by atoms with E-state index in [-0.39, 0.29) is 6.04 Å². The van der Waals surface area contributed by atoms with E-state index in [4.69, 9.17) is 20.7 Å². The largest absolute Gasteiger partial charge is 0.378 e. The molecule has 15 heavy (non-hydrogen) atoms. The van der Waals surface area contributed by atoms with Crippen LogP contribution in [-0.2, 0) is 4.74 Å². The molecule has 2 rings (SSSR count). The minimum atomic E-state index is -0.382. The van der Waals surface area contributed by atoms with Crippen molar-refractivity contribution >= 4 is 5.95 Å². The lowest BCUT2D eigenvalue weighted by atomic mass is 10.3. The van der Waals surface area contributed by atoms with Crippen molar-refractivity contribution in [1.29, 1.82) is 0 Å². The lowest BCUT2D eigenvalue weighted by Gasteiger charge is -2.24. The molecule has 7 nitrogen and oxygen atoms in total. The fourth-order valence-corrected chi connectivity index (χ4v) is 1.37. The summed E-state index contributed by atoms with van der Waals surface area (Å²) >= 11 is 0. The molecule has 0 aliphatic carbocycles. The van der Waals surface area contributed by atoms with E-state index in [1.807, 2.05) is 4.90 Å². The zero-order valence-corrected chi connectivity index (χ0v) is 8.43. The Kier molecular flexibility index (Phi) is 3.14. The van der Waals surface area contributed by atoms with Crippen molar-refractivity contribution in [3.05, 3.63) is 5.89 Å². The number of morpholine rings is 1. The lowest BCUT2D eigenvalue weighted by Crippen LogP contribution is -2.37. The van der Waals surface area contributed by atoms with Crippen molar-refractivity contribution < 1.29 is 9.26 Å². The molecule has 7 heteroatoms. The van der Waals surface area contributed by atoms with Gasteiger partial charge in [-0.05, 0) is 5.16 Å². The highest BCUT2D eigenvalue weighted by Gasteiger charge is 2.19. The molecule has 1 aromatic heterocycles. The third-order valence-corrected chi connectivity index (χ3v) is 2.30. The van der Waals surface area contributed by atoms with E-state index in [1.54, 1.807) is 0 Å². The molecule has 2 heterocycles. The molecule has 0 saturated carbocycles. The first-order valence-electron chi connectivity index (χ1n) is 4.93. The Labute approximate surface area is 87.4 Å². The summed E-state index contributed by atoms with van der Waals surface area (Å²) in [7, 11) is 0. The highest BCUT2D eigenvalue weighted by molar-refractivity contribution is 5.28. The summed E-state index contributed by atoms with van der Waals surface area (Å²) in [6.07, 6.45) is 0. The molecule has 84 valence electrons. The van der Waals surface area contributed by atoms with Gasteiger partial charge in [0.2, 0.25) is 5.89 Å². The van der Waals surface area contributed by atoms with Gasteiger partial charge in [-0.2, -0.15) is 4.98 Å². The third kappa shape index (κ3) is 2.25. The van der Waals surface area contributed by atoms with Crippen LogP contribution < -0.4 is 16.4 Å². The smallest absolute Gasteiger partial charge is 0.266 e. The predicted octanol–water partition coefficient (Wildman–Crippen LogP) is -1.14. The molecule has 0 spiro atoms. The van der Waals surface area contributed by atoms with Crippen LogP contribution in [0.25, 0.3) is 0 Å². The molecular weight excluding hydrogens is 198 g/mol. The van der Waals surface area contributed by atoms with Crippen molar-refractivity contribution in [3.63, 3.8) is 0 Å². The predicted molar refractivity (Wildman–Crippen MR) is 53.3 cm³/mol. The summed E-state index contributed by atoms with van der Waals surface area (Å²) in [5.74, 6) is 0.955. The Bertz CT molecular complexity index is 310. The average molecular weight is 213 g/mol. The quantitative estimate of drug-likeness (QED) is 0.654. The molecular formula is C8H15N5O2. The minimum Gasteiger partial charge on any atom is -0.378 e. The topological polar surface area (TPSA) is 103 Å². The molecule has 1 aliphatic rings. The maximum atomic E-state index is 5.67. The lowest BCUT2D eigenvalue weighted by molar-refractivity contribution is 0.121. The van der Waals surface area contributed by atoms with Crippen molar-refractivity contribution in [2.75, 3.05) is 37.7 Å². The Balaban J connectivity index is 2.05. The van der Waals surface area contributed by atoms with E-state index in [9.17, 15) is 0 Å². The highest BCUT2D eigenvalue weighted by Crippen LogP contribution is 2.14. The molecule has 1 aromatic rings. The Morgan fingerprint density at radius 1 is 1.40 bits per heavy atom. The van der Waals surface area contributed by atoms with Crippen LogP contribution in [0.2, 0.25) is 0 Å². The Hall–Kier alpha value is -1.18. The summed E-state index contributed by atoms with van der Waals surface area (Å²) in [4.78, 5) is 6.19. The maximum Gasteiger partial charge on any atom is 0.266 e. The number of hydrogen-bond donors (Lipinski definition) is 2. The highest BCUT2D eigenvalue weighted by atomic mass is 16.5. The maximum absolute atomic E-state index is 5.67. The van der Waals surface area contributed by atoms with Crippen molar-refractivity contribution in [2.45, 2.75) is 6.04 Å². The van der Waals surface area contributed by atoms with Gasteiger partial charge in [0.1, 0.15) is 0 Å². The van der Waals surface area contributed by atoms with Crippen molar-refractivity contribution in [3.8, 4) is 0 Å². The molecule has 1 saturated heterocycles. The molecule has 0 amide bonds. The number of hydrogen-bond acceptors (Lipinski definition) is 7. The normalized spacial score (nSPS) is 19.2. The molecule has 0 bridgehead atoms. The van der Waals surface area contributed by atoms with Crippen LogP contribution in [0.15, 0.2) is 4.52 Å². The molecule has 0 unspecified atom stereocenters. The number of anilines is 1. The first kappa shape index (κ1) is 10.3. The third-order valence-electron chi connectivity index (χ3n) is 2.30. The Morgan fingerprint density at radius 3 is 2.80 bits per heavy atom. The average Bonchev–Trinajstić information content (AvgIpc) is 2.78. The molecule has 1 atom stereocenters. The summed E-state index contributed by atoms with van der Waals surface area (Å²) in [5.41, 5.74) is 11.1. The van der Waals surface area contributed by atoms with Gasteiger partial charge in [-0.3, -0.25) is 0 Å². The number of rotatable bonds is 3. The molecule has 1 fully saturated rings. The van der Waals surface area contributed by atoms with Crippen LogP contribution in [0.1, 0.15) is 11.9 Å². The zero-order chi connectivity index (χ0) is 10.7. The molecule has 4 N–H and O–H groups in total. The fourth-order valence-electron chi connectivity index (χ4n) is 1.37. The van der Waals surface area contributed by atoms with Crippen molar-refractivity contribution in [2.24, 2.45) is 11.5 Å². The molecule has 1 aliphatic heterocycles. The van der Waals surface area contributed by atoms with E-state index < -0.39 is 0 Å². The Morgan fingerprint density at radius 2 is 2.13 bits per heavy atom. The van der Waals surface area contributed by atoms with E-state index in [2.05, 4.69) is 10.1 Å². The van der Waals surface area contributed by atoms with Crippen LogP contribution in [0.3, 0.4) is 0 Å². The second-order valence-electron chi connectivity index (χ2n) is 3.37. The summed E-state index contributed by atoms with van der Waals surface area (Å²) in [5, 5.41) is 3.86. The SMILES string of the molecule is NC[C@H](N)c1nc(N2CCOCC2)no1. The first-order chi connectivity index (χ1) is 7.31. The second kappa shape index (κ2) is 4.56. The van der Waals surface area contributed by atoms with Crippen molar-refractivity contribution in [1.82, 2.24) is 10.1 Å². The van der Waals surface area contributed by atoms with Crippen LogP contribution >= 0.6 is 0 Å². The van der Waals surface area contributed by atoms with Crippen LogP contribution in [0, 0.1) is 0 Å². The van der Waals surface area contributed by atoms with Gasteiger partial charge in [0, 0.05) is 19.6 Å². The van der Waals surface area contributed by atoms with Gasteiger partial charge >= 0.3 is 0 Å². The van der Waals surface area contributed by atoms with Gasteiger partial charge in [0.25, 0.3) is 5.95 Å². The number of nitrogens with zero attached hydrogens (tertiary/aromatic N) is 3. The standard InChI is InChI=1S/C8H15N5O2/c9-5-6(10)7-11-8(12-15-7)13-1-3-14-4-2-13/h6H,1-5,9-10H2/t6-/m0/s1. The number of nitrogens with two attached hydrogens (primary N) is 2. The fraction of sp³-hybridized carbons (Fsp3) is 0.750. The second-order valence-corrected chi connectivity index (χ2v) is 3.37. The zero-order valence-electron chi connectivity index (χ0n) is 8.43. The van der Waals surface area contributed by atoms with Crippen LogP contribution in [-0.4, -0.2) is 43.0 Å².